The van der Waals surface area contributed by atoms with Gasteiger partial charge in [-0.05, 0) is 172 Å². The maximum Gasteiger partial charge on any atom is 0.501 e. The molecule has 3 aliphatic heterocycles. The molecule has 5 N–H and O–H groups in total. The van der Waals surface area contributed by atoms with E-state index < -0.39 is 70.3 Å². The van der Waals surface area contributed by atoms with Gasteiger partial charge in [-0.3, -0.25) is 33.8 Å². The molecule has 2 unspecified atom stereocenters. The summed E-state index contributed by atoms with van der Waals surface area (Å²) >= 11 is 9.40. The number of likely N-dealkylation sites (tertiary alicyclic amines) is 1. The van der Waals surface area contributed by atoms with E-state index in [1.165, 1.54) is 35.0 Å². The van der Waals surface area contributed by atoms with Gasteiger partial charge in [0.2, 0.25) is 23.6 Å². The molecule has 1 aliphatic carbocycles. The fraction of sp³-hybridized carbons (Fsp3) is 0.500. The standard InChI is InChI=1S/C80H103ClF3N11O10S4/c1-55(57-20-22-59(23-21-57)73-56(2)86-54-107-73)87-76(99)69-17-14-38-95(69)77(100)74(78(3,4)5)89-72(97)19-13-9-12-18-71(96)85-37-40-91(7)53-79(6)36-34-67(58-24-28-62(81)29-25-58)61(50-79)51-93-41-43-94(44-42-93)64-30-26-60(27-31-64)75(98)90-109(103,104)66-32-33-68(70(49-66)108(101,102)80(82,83)84)88-63(35-39-92-45-47-105-48-46-92)52-106-65-15-10-8-11-16-65/h8,10-11,15-16,20-33,49,54-55,63,69,74,88H,9,12-14,17-19,34-48,50-53H2,1-7H3,(H,85,96)(H,87,99)(H,89,97)(H,90,98)/t55-,63+,69-,74?,79?/m0/s1. The second-order valence-corrected chi connectivity index (χ2v) is 36.4. The highest BCUT2D eigenvalue weighted by Crippen LogP contribution is 2.44. The second-order valence-electron chi connectivity index (χ2n) is 30.5. The number of rotatable bonds is 33. The number of nitrogens with one attached hydrogen (secondary N) is 5. The summed E-state index contributed by atoms with van der Waals surface area (Å²) in [5.41, 5.74) is 2.47. The zero-order chi connectivity index (χ0) is 78.3. The van der Waals surface area contributed by atoms with Crippen LogP contribution >= 0.6 is 34.7 Å². The number of thiazole rings is 1. The Morgan fingerprint density at radius 2 is 1.49 bits per heavy atom. The van der Waals surface area contributed by atoms with Gasteiger partial charge in [-0.1, -0.05) is 106 Å². The smallest absolute Gasteiger partial charge is 0.380 e. The molecular formula is C80H103ClF3N11O10S4. The van der Waals surface area contributed by atoms with E-state index in [1.54, 1.807) is 28.4 Å². The number of thioether (sulfide) groups is 1. The molecule has 5 atom stereocenters. The van der Waals surface area contributed by atoms with E-state index >= 15 is 0 Å². The number of alkyl halides is 3. The number of piperazine rings is 1. The number of morpholine rings is 1. The van der Waals surface area contributed by atoms with E-state index in [-0.39, 0.29) is 47.1 Å². The monoisotopic (exact) mass is 1600 g/mol. The van der Waals surface area contributed by atoms with Crippen LogP contribution in [0.5, 0.6) is 0 Å². The van der Waals surface area contributed by atoms with E-state index in [0.29, 0.717) is 127 Å². The van der Waals surface area contributed by atoms with Crippen molar-refractivity contribution in [3.8, 4) is 10.4 Å². The summed E-state index contributed by atoms with van der Waals surface area (Å²) in [7, 11) is -8.94. The molecule has 3 fully saturated rings. The number of halogens is 4. The largest absolute Gasteiger partial charge is 0.501 e. The van der Waals surface area contributed by atoms with E-state index in [2.05, 4.69) is 72.0 Å². The van der Waals surface area contributed by atoms with Gasteiger partial charge in [0.1, 0.15) is 17.0 Å². The minimum Gasteiger partial charge on any atom is -0.380 e. The van der Waals surface area contributed by atoms with Crippen LogP contribution in [0.3, 0.4) is 0 Å². The SMILES string of the molecule is Cc1ncsc1-c1ccc([C@H](C)NC(=O)[C@@H]2CCCN2C(=O)C(NC(=O)CCCCCC(=O)NCCN(C)CC2(C)CCC(c3ccc(Cl)cc3)=C(CN3CCN(c4ccc(C(=O)NS(=O)(=O)c5ccc(N[C@H](CCN6CCOCC6)CSc6ccccc6)c(S(=O)(=O)C(F)(F)F)c5)cc4)CC3)C2)C(C)(C)C)cc1. The van der Waals surface area contributed by atoms with Gasteiger partial charge < -0.3 is 40.7 Å². The predicted octanol–water partition coefficient (Wildman–Crippen LogP) is 12.6. The van der Waals surface area contributed by atoms with Crippen LogP contribution in [0.25, 0.3) is 16.0 Å². The van der Waals surface area contributed by atoms with Gasteiger partial charge in [-0.15, -0.1) is 23.1 Å². The molecule has 29 heteroatoms. The molecule has 0 radical (unpaired) electrons. The zero-order valence-corrected chi connectivity index (χ0v) is 67.3. The fourth-order valence-corrected chi connectivity index (χ4v) is 18.7. The Hall–Kier alpha value is -7.41. The highest BCUT2D eigenvalue weighted by molar-refractivity contribution is 7.99. The average Bonchev–Trinajstić information content (AvgIpc) is 1.27. The lowest BCUT2D eigenvalue weighted by atomic mass is 9.71. The number of nitrogens with zero attached hydrogens (tertiary/aromatic N) is 6. The van der Waals surface area contributed by atoms with Crippen molar-refractivity contribution in [2.24, 2.45) is 10.8 Å². The molecule has 6 aromatic rings. The van der Waals surface area contributed by atoms with Crippen molar-refractivity contribution in [2.45, 2.75) is 157 Å². The molecule has 4 aliphatic rings. The number of allylic oxidation sites excluding steroid dienone is 1. The Labute approximate surface area is 653 Å². The molecule has 590 valence electrons. The van der Waals surface area contributed by atoms with Gasteiger partial charge >= 0.3 is 5.51 Å². The molecule has 4 heterocycles. The number of aromatic nitrogens is 1. The topological polar surface area (TPSA) is 252 Å². The number of sulfonamides is 1. The third-order valence-corrected chi connectivity index (χ3v) is 26.1. The van der Waals surface area contributed by atoms with Crippen LogP contribution in [0.1, 0.15) is 138 Å². The van der Waals surface area contributed by atoms with Crippen LogP contribution in [0.4, 0.5) is 24.5 Å². The Morgan fingerprint density at radius 1 is 0.807 bits per heavy atom. The maximum absolute atomic E-state index is 14.4. The maximum atomic E-state index is 14.4. The summed E-state index contributed by atoms with van der Waals surface area (Å²) < 4.78 is 105. The Morgan fingerprint density at radius 3 is 2.15 bits per heavy atom. The van der Waals surface area contributed by atoms with E-state index in [9.17, 15) is 54.0 Å². The predicted molar refractivity (Wildman–Crippen MR) is 425 cm³/mol. The number of ether oxygens (including phenoxy) is 1. The molecule has 21 nitrogen and oxygen atoms in total. The molecule has 0 spiro atoms. The summed E-state index contributed by atoms with van der Waals surface area (Å²) in [4.78, 5) is 83.1. The average molecular weight is 1600 g/mol. The number of benzene rings is 5. The molecule has 3 saturated heterocycles. The molecule has 5 amide bonds. The van der Waals surface area contributed by atoms with Gasteiger partial charge in [0.25, 0.3) is 25.8 Å². The van der Waals surface area contributed by atoms with Crippen molar-refractivity contribution in [3.63, 3.8) is 0 Å². The van der Waals surface area contributed by atoms with Gasteiger partial charge in [0, 0.05) is 124 Å². The molecular weight excluding hydrogens is 1500 g/mol. The summed E-state index contributed by atoms with van der Waals surface area (Å²) in [6.07, 6.45) is 6.65. The van der Waals surface area contributed by atoms with Gasteiger partial charge in [-0.2, -0.15) is 13.2 Å². The van der Waals surface area contributed by atoms with Crippen molar-refractivity contribution in [1.82, 2.24) is 45.3 Å². The van der Waals surface area contributed by atoms with Crippen LogP contribution in [0.15, 0.2) is 147 Å². The van der Waals surface area contributed by atoms with Gasteiger partial charge in [0.15, 0.2) is 0 Å². The number of unbranched alkanes of at least 4 members (excludes halogenated alkanes) is 2. The Balaban J connectivity index is 0.662. The van der Waals surface area contributed by atoms with E-state index in [4.69, 9.17) is 16.3 Å². The van der Waals surface area contributed by atoms with E-state index in [0.717, 1.165) is 95.4 Å². The van der Waals surface area contributed by atoms with Crippen LogP contribution < -0.4 is 30.9 Å². The van der Waals surface area contributed by atoms with Crippen molar-refractivity contribution in [2.75, 3.05) is 115 Å². The molecule has 109 heavy (non-hydrogen) atoms. The molecule has 5 aromatic carbocycles. The lowest BCUT2D eigenvalue weighted by Gasteiger charge is -2.42. The fourth-order valence-electron chi connectivity index (χ4n) is 14.7. The van der Waals surface area contributed by atoms with Crippen LogP contribution in [-0.4, -0.2) is 199 Å². The third kappa shape index (κ3) is 23.1. The Kier molecular flexibility index (Phi) is 29.1. The van der Waals surface area contributed by atoms with Crippen LogP contribution in [0.2, 0.25) is 5.02 Å². The normalized spacial score (nSPS) is 18.6. The number of anilines is 2. The van der Waals surface area contributed by atoms with Crippen molar-refractivity contribution < 1.29 is 58.7 Å². The second kappa shape index (κ2) is 37.7. The number of likely N-dealkylation sites (N-methyl/N-ethyl adjacent to an activating group) is 1. The number of hydrogen-bond donors (Lipinski definition) is 5. The number of carbonyl (C=O) groups is 5. The lowest BCUT2D eigenvalue weighted by Crippen LogP contribution is -2.57. The highest BCUT2D eigenvalue weighted by Gasteiger charge is 2.49. The molecule has 0 bridgehead atoms. The molecule has 10 rings (SSSR count). The van der Waals surface area contributed by atoms with Crippen LogP contribution in [-0.2, 0) is 43.8 Å². The summed E-state index contributed by atoms with van der Waals surface area (Å²) in [5, 5.41) is 12.9. The van der Waals surface area contributed by atoms with Crippen LogP contribution in [0, 0.1) is 17.8 Å². The minimum absolute atomic E-state index is 0.0417. The number of sulfone groups is 1. The molecule has 1 aromatic heterocycles. The Bertz CT molecular complexity index is 4370. The van der Waals surface area contributed by atoms with E-state index in [1.807, 2.05) is 112 Å². The van der Waals surface area contributed by atoms with Gasteiger partial charge in [-0.25, -0.2) is 26.5 Å². The number of aryl methyl sites for hydroxylation is 1. The number of amides is 5. The van der Waals surface area contributed by atoms with Crippen molar-refractivity contribution in [3.05, 3.63) is 160 Å². The first-order valence-corrected chi connectivity index (χ1v) is 42.7. The summed E-state index contributed by atoms with van der Waals surface area (Å²) in [5.74, 6) is -1.51. The quantitative estimate of drug-likeness (QED) is 0.0190. The first kappa shape index (κ1) is 84.0. The van der Waals surface area contributed by atoms with Crippen molar-refractivity contribution >= 4 is 101 Å². The highest BCUT2D eigenvalue weighted by atomic mass is 35.5. The first-order chi connectivity index (χ1) is 51.8. The minimum atomic E-state index is -6.11. The zero-order valence-electron chi connectivity index (χ0n) is 63.2. The summed E-state index contributed by atoms with van der Waals surface area (Å²) in [6.45, 7) is 20.7. The molecule has 0 saturated carbocycles. The van der Waals surface area contributed by atoms with Crippen molar-refractivity contribution in [1.29, 1.82) is 0 Å². The third-order valence-electron chi connectivity index (χ3n) is 20.9. The summed E-state index contributed by atoms with van der Waals surface area (Å²) in [6, 6.07) is 31.8. The number of hydrogen-bond acceptors (Lipinski definition) is 18. The lowest BCUT2D eigenvalue weighted by molar-refractivity contribution is -0.144. The number of carbonyl (C=O) groups excluding carboxylic acids is 5. The van der Waals surface area contributed by atoms with Gasteiger partial charge in [0.05, 0.1) is 45.9 Å². The first-order valence-electron chi connectivity index (χ1n) is 37.5.